The molecule has 29 heavy (non-hydrogen) atoms. The predicted molar refractivity (Wildman–Crippen MR) is 112 cm³/mol. The molecular formula is C25H30N2O2. The van der Waals surface area contributed by atoms with Gasteiger partial charge in [0.25, 0.3) is 5.91 Å². The zero-order valence-electron chi connectivity index (χ0n) is 17.1. The third kappa shape index (κ3) is 3.71. The number of aromatic nitrogens is 1. The number of aliphatic hydroxyl groups excluding tert-OH is 1. The van der Waals surface area contributed by atoms with E-state index in [4.69, 9.17) is 0 Å². The van der Waals surface area contributed by atoms with E-state index >= 15 is 0 Å². The van der Waals surface area contributed by atoms with Crippen LogP contribution in [0.1, 0.15) is 53.9 Å². The number of fused-ring (bicyclic) bond motifs is 1. The molecule has 4 nitrogen and oxygen atoms in total. The van der Waals surface area contributed by atoms with Crippen LogP contribution in [-0.4, -0.2) is 34.0 Å². The summed E-state index contributed by atoms with van der Waals surface area (Å²) in [6.07, 6.45) is 5.75. The lowest BCUT2D eigenvalue weighted by molar-refractivity contribution is 0.0763. The fraction of sp³-hybridized carbons (Fsp3) is 0.520. The lowest BCUT2D eigenvalue weighted by Gasteiger charge is -2.19. The second kappa shape index (κ2) is 7.56. The number of hydrogen-bond donors (Lipinski definition) is 1. The van der Waals surface area contributed by atoms with Crippen molar-refractivity contribution in [2.24, 2.45) is 29.6 Å². The molecule has 0 radical (unpaired) electrons. The van der Waals surface area contributed by atoms with Crippen molar-refractivity contribution in [2.75, 3.05) is 13.1 Å². The number of hydrogen-bond acceptors (Lipinski definition) is 3. The van der Waals surface area contributed by atoms with Crippen molar-refractivity contribution in [3.8, 4) is 0 Å². The summed E-state index contributed by atoms with van der Waals surface area (Å²) in [6, 6.07) is 14.0. The van der Waals surface area contributed by atoms with Crippen molar-refractivity contribution in [3.05, 3.63) is 65.5 Å². The van der Waals surface area contributed by atoms with Gasteiger partial charge in [-0.25, -0.2) is 0 Å². The van der Waals surface area contributed by atoms with Gasteiger partial charge in [-0.05, 0) is 72.5 Å². The molecule has 1 amide bonds. The van der Waals surface area contributed by atoms with E-state index in [0.717, 1.165) is 62.1 Å². The van der Waals surface area contributed by atoms with Crippen LogP contribution in [0.2, 0.25) is 0 Å². The topological polar surface area (TPSA) is 53.4 Å². The molecule has 3 fully saturated rings. The van der Waals surface area contributed by atoms with Gasteiger partial charge in [0.05, 0.1) is 6.10 Å². The van der Waals surface area contributed by atoms with E-state index in [9.17, 15) is 9.90 Å². The van der Waals surface area contributed by atoms with Crippen molar-refractivity contribution in [1.29, 1.82) is 0 Å². The number of piperidine rings is 1. The summed E-state index contributed by atoms with van der Waals surface area (Å²) in [5.74, 6) is 3.24. The van der Waals surface area contributed by atoms with E-state index in [1.54, 1.807) is 0 Å². The molecule has 1 aromatic carbocycles. The fourth-order valence-electron chi connectivity index (χ4n) is 5.66. The Kier molecular flexibility index (Phi) is 4.91. The molecule has 2 aromatic rings. The van der Waals surface area contributed by atoms with Crippen LogP contribution in [0, 0.1) is 29.6 Å². The number of amides is 1. The smallest absolute Gasteiger partial charge is 0.272 e. The monoisotopic (exact) mass is 390 g/mol. The molecule has 0 spiro atoms. The van der Waals surface area contributed by atoms with Crippen molar-refractivity contribution >= 4 is 5.91 Å². The average molecular weight is 391 g/mol. The van der Waals surface area contributed by atoms with Gasteiger partial charge in [0.15, 0.2) is 0 Å². The first-order valence-corrected chi connectivity index (χ1v) is 11.1. The number of rotatable bonds is 5. The lowest BCUT2D eigenvalue weighted by atomic mass is 9.92. The average Bonchev–Trinajstić information content (AvgIpc) is 3.16. The van der Waals surface area contributed by atoms with Crippen LogP contribution in [0.5, 0.6) is 0 Å². The SMILES string of the molecule is CC1C2CN(C(=O)c3ccc(C[C@@H]4CC[C@H]([C@H](O)c5ccccc5)C4)cn3)CC12. The molecule has 5 atom stereocenters. The number of pyridine rings is 1. The molecule has 4 heteroatoms. The predicted octanol–water partition coefficient (Wildman–Crippen LogP) is 4.11. The number of benzene rings is 1. The molecule has 0 bridgehead atoms. The first-order chi connectivity index (χ1) is 14.1. The summed E-state index contributed by atoms with van der Waals surface area (Å²) >= 11 is 0. The molecule has 2 aliphatic carbocycles. The van der Waals surface area contributed by atoms with Crippen molar-refractivity contribution in [1.82, 2.24) is 9.88 Å². The van der Waals surface area contributed by atoms with Gasteiger partial charge in [-0.1, -0.05) is 43.3 Å². The van der Waals surface area contributed by atoms with Gasteiger partial charge in [-0.3, -0.25) is 9.78 Å². The van der Waals surface area contributed by atoms with Crippen LogP contribution in [0.25, 0.3) is 0 Å². The van der Waals surface area contributed by atoms with Crippen LogP contribution in [0.4, 0.5) is 0 Å². The molecule has 1 aromatic heterocycles. The first-order valence-electron chi connectivity index (χ1n) is 11.1. The lowest BCUT2D eigenvalue weighted by Crippen LogP contribution is -2.31. The van der Waals surface area contributed by atoms with Gasteiger partial charge in [0.1, 0.15) is 5.69 Å². The van der Waals surface area contributed by atoms with Crippen molar-refractivity contribution in [2.45, 2.75) is 38.7 Å². The Balaban J connectivity index is 1.15. The maximum absolute atomic E-state index is 12.7. The maximum Gasteiger partial charge on any atom is 0.272 e. The molecule has 1 aliphatic heterocycles. The highest BCUT2D eigenvalue weighted by atomic mass is 16.3. The van der Waals surface area contributed by atoms with Crippen molar-refractivity contribution in [3.63, 3.8) is 0 Å². The summed E-state index contributed by atoms with van der Waals surface area (Å²) in [4.78, 5) is 19.1. The minimum absolute atomic E-state index is 0.0860. The summed E-state index contributed by atoms with van der Waals surface area (Å²) < 4.78 is 0. The fourth-order valence-corrected chi connectivity index (χ4v) is 5.66. The van der Waals surface area contributed by atoms with E-state index in [0.29, 0.717) is 17.5 Å². The van der Waals surface area contributed by atoms with Crippen LogP contribution in [-0.2, 0) is 6.42 Å². The van der Waals surface area contributed by atoms with Crippen LogP contribution in [0.3, 0.4) is 0 Å². The Morgan fingerprint density at radius 3 is 2.59 bits per heavy atom. The van der Waals surface area contributed by atoms with Gasteiger partial charge in [-0.15, -0.1) is 0 Å². The number of likely N-dealkylation sites (tertiary alicyclic amines) is 1. The number of carbonyl (C=O) groups is 1. The Morgan fingerprint density at radius 2 is 1.90 bits per heavy atom. The quantitative estimate of drug-likeness (QED) is 0.836. The zero-order chi connectivity index (χ0) is 20.0. The Bertz CT molecular complexity index is 854. The van der Waals surface area contributed by atoms with E-state index in [2.05, 4.69) is 18.0 Å². The Morgan fingerprint density at radius 1 is 1.14 bits per heavy atom. The van der Waals surface area contributed by atoms with E-state index < -0.39 is 0 Å². The van der Waals surface area contributed by atoms with E-state index in [1.165, 1.54) is 5.56 Å². The zero-order valence-corrected chi connectivity index (χ0v) is 17.1. The molecule has 5 rings (SSSR count). The molecule has 2 heterocycles. The summed E-state index contributed by atoms with van der Waals surface area (Å²) in [7, 11) is 0. The number of carbonyl (C=O) groups excluding carboxylic acids is 1. The van der Waals surface area contributed by atoms with Crippen LogP contribution in [0.15, 0.2) is 48.7 Å². The molecule has 1 N–H and O–H groups in total. The maximum atomic E-state index is 12.7. The highest BCUT2D eigenvalue weighted by Crippen LogP contribution is 2.51. The Labute approximate surface area is 173 Å². The van der Waals surface area contributed by atoms with Crippen LogP contribution >= 0.6 is 0 Å². The second-order valence-corrected chi connectivity index (χ2v) is 9.45. The molecule has 2 unspecified atom stereocenters. The number of nitrogens with zero attached hydrogens (tertiary/aromatic N) is 2. The summed E-state index contributed by atoms with van der Waals surface area (Å²) in [5, 5.41) is 10.7. The first kappa shape index (κ1) is 18.8. The molecule has 2 saturated carbocycles. The van der Waals surface area contributed by atoms with Gasteiger partial charge >= 0.3 is 0 Å². The van der Waals surface area contributed by atoms with Crippen molar-refractivity contribution < 1.29 is 9.90 Å². The van der Waals surface area contributed by atoms with Crippen LogP contribution < -0.4 is 0 Å². The second-order valence-electron chi connectivity index (χ2n) is 9.45. The molecule has 152 valence electrons. The van der Waals surface area contributed by atoms with Gasteiger partial charge in [0, 0.05) is 19.3 Å². The van der Waals surface area contributed by atoms with Gasteiger partial charge in [0.2, 0.25) is 0 Å². The van der Waals surface area contributed by atoms with Gasteiger partial charge < -0.3 is 10.0 Å². The Hall–Kier alpha value is -2.20. The minimum atomic E-state index is -0.367. The summed E-state index contributed by atoms with van der Waals surface area (Å²) in [5.41, 5.74) is 2.79. The number of aliphatic hydroxyl groups is 1. The third-order valence-electron chi connectivity index (χ3n) is 7.65. The highest BCUT2D eigenvalue weighted by Gasteiger charge is 2.53. The third-order valence-corrected chi connectivity index (χ3v) is 7.65. The minimum Gasteiger partial charge on any atom is -0.388 e. The largest absolute Gasteiger partial charge is 0.388 e. The normalized spacial score (nSPS) is 31.5. The highest BCUT2D eigenvalue weighted by molar-refractivity contribution is 5.92. The molecular weight excluding hydrogens is 360 g/mol. The summed E-state index contributed by atoms with van der Waals surface area (Å²) in [6.45, 7) is 4.10. The van der Waals surface area contributed by atoms with Gasteiger partial charge in [-0.2, -0.15) is 0 Å². The molecule has 3 aliphatic rings. The van der Waals surface area contributed by atoms with E-state index in [1.807, 2.05) is 47.5 Å². The molecule has 1 saturated heterocycles. The standard InChI is InChI=1S/C25H30N2O2/c1-16-21-14-27(15-22(16)21)25(29)23-10-8-18(13-26-23)11-17-7-9-20(12-17)24(28)19-5-3-2-4-6-19/h2-6,8,10,13,16-17,20-22,24,28H,7,9,11-12,14-15H2,1H3/t16?,17-,20-,21?,22?,24+/m0/s1. The van der Waals surface area contributed by atoms with E-state index in [-0.39, 0.29) is 12.0 Å².